The molecule has 0 fully saturated rings. The first-order chi connectivity index (χ1) is 31.7. The lowest BCUT2D eigenvalue weighted by Gasteiger charge is -2.29. The maximum absolute atomic E-state index is 2.48. The molecule has 0 saturated heterocycles. The zero-order chi connectivity index (χ0) is 42.1. The summed E-state index contributed by atoms with van der Waals surface area (Å²) in [5.74, 6) is 0.184. The van der Waals surface area contributed by atoms with E-state index in [0.717, 1.165) is 23.5 Å². The van der Waals surface area contributed by atoms with Crippen molar-refractivity contribution in [3.8, 4) is 33.4 Å². The maximum Gasteiger partial charge on any atom is 0.0547 e. The molecule has 0 amide bonds. The zero-order valence-electron chi connectivity index (χ0n) is 35.2. The van der Waals surface area contributed by atoms with Crippen LogP contribution in [0, 0.1) is 0 Å². The lowest BCUT2D eigenvalue weighted by Crippen LogP contribution is -2.11. The van der Waals surface area contributed by atoms with Crippen molar-refractivity contribution in [3.63, 3.8) is 0 Å². The highest BCUT2D eigenvalue weighted by Crippen LogP contribution is 2.51. The molecule has 0 radical (unpaired) electrons. The highest BCUT2D eigenvalue weighted by Gasteiger charge is 2.27. The smallest absolute Gasteiger partial charge is 0.0547 e. The minimum Gasteiger partial charge on any atom is -0.310 e. The lowest BCUT2D eigenvalue weighted by molar-refractivity contribution is 0.870. The van der Waals surface area contributed by atoms with Crippen LogP contribution in [-0.2, 0) is 0 Å². The van der Waals surface area contributed by atoms with Gasteiger partial charge in [0.05, 0.1) is 11.0 Å². The van der Waals surface area contributed by atoms with Crippen LogP contribution in [0.2, 0.25) is 0 Å². The Labute approximate surface area is 372 Å². The average Bonchev–Trinajstić information content (AvgIpc) is 3.89. The molecule has 10 aromatic carbocycles. The Hall–Kier alpha value is -8.20. The van der Waals surface area contributed by atoms with E-state index in [2.05, 4.69) is 246 Å². The van der Waals surface area contributed by atoms with Crippen LogP contribution in [-0.4, -0.2) is 4.57 Å². The molecule has 1 unspecified atom stereocenters. The molecule has 0 aliphatic heterocycles. The standard InChI is InChI=1S/C62H42N2/c1-3-14-41(15-4-1)42-26-31-47(32-27-42)63(50-38-46-19-13-24-55-53-21-9-10-22-54(53)58(40-50)61(46)55)48-33-28-45(29-34-48)51-36-35-49(39-57(51)43-16-5-2-6-17-43)64-59-25-12-11-23-56(59)62-52-20-8-7-18-44(52)30-37-60(62)64/h1-35,37-40,51H,36H2. The van der Waals surface area contributed by atoms with Crippen LogP contribution >= 0.6 is 0 Å². The molecule has 64 heavy (non-hydrogen) atoms. The molecule has 13 rings (SSSR count). The molecule has 2 heteroatoms. The Morgan fingerprint density at radius 3 is 1.78 bits per heavy atom. The SMILES string of the molecule is C1=C(c2ccccc2)C(c2ccc(N(c3ccc(-c4ccccc4)cc3)c3cc4c5c(cccc5c3)-c3ccccc3-4)cc2)CC=C1n1c2ccccc2c2c3ccccc3ccc21. The summed E-state index contributed by atoms with van der Waals surface area (Å²) in [6.07, 6.45) is 5.79. The monoisotopic (exact) mass is 814 g/mol. The van der Waals surface area contributed by atoms with Gasteiger partial charge in [-0.2, -0.15) is 0 Å². The van der Waals surface area contributed by atoms with Crippen molar-refractivity contribution in [1.29, 1.82) is 0 Å². The number of nitrogens with zero attached hydrogens (tertiary/aromatic N) is 2. The average molecular weight is 815 g/mol. The molecule has 0 N–H and O–H groups in total. The highest BCUT2D eigenvalue weighted by molar-refractivity contribution is 6.22. The predicted octanol–water partition coefficient (Wildman–Crippen LogP) is 17.0. The molecule has 1 heterocycles. The van der Waals surface area contributed by atoms with Crippen LogP contribution in [0.3, 0.4) is 0 Å². The van der Waals surface area contributed by atoms with Crippen LogP contribution in [0.25, 0.3) is 88.0 Å². The quantitative estimate of drug-likeness (QED) is 0.156. The summed E-state index contributed by atoms with van der Waals surface area (Å²) in [6.45, 7) is 0. The summed E-state index contributed by atoms with van der Waals surface area (Å²) in [5.41, 5.74) is 18.6. The fourth-order valence-electron chi connectivity index (χ4n) is 10.8. The number of allylic oxidation sites excluding steroid dienone is 4. The van der Waals surface area contributed by atoms with E-state index in [1.165, 1.54) is 99.1 Å². The van der Waals surface area contributed by atoms with Gasteiger partial charge in [0.25, 0.3) is 0 Å². The second kappa shape index (κ2) is 14.7. The van der Waals surface area contributed by atoms with Gasteiger partial charge in [-0.1, -0.05) is 182 Å². The van der Waals surface area contributed by atoms with Gasteiger partial charge in [-0.05, 0) is 133 Å². The molecule has 300 valence electrons. The minimum absolute atomic E-state index is 0.184. The van der Waals surface area contributed by atoms with Crippen molar-refractivity contribution in [3.05, 3.63) is 248 Å². The second-order valence-corrected chi connectivity index (χ2v) is 17.2. The number of hydrogen-bond acceptors (Lipinski definition) is 1. The van der Waals surface area contributed by atoms with Crippen LogP contribution in [0.1, 0.15) is 23.5 Å². The van der Waals surface area contributed by atoms with E-state index >= 15 is 0 Å². The number of rotatable bonds is 7. The van der Waals surface area contributed by atoms with E-state index in [4.69, 9.17) is 0 Å². The lowest BCUT2D eigenvalue weighted by atomic mass is 9.81. The van der Waals surface area contributed by atoms with Gasteiger partial charge in [-0.3, -0.25) is 0 Å². The highest BCUT2D eigenvalue weighted by atomic mass is 15.1. The van der Waals surface area contributed by atoms with Crippen molar-refractivity contribution in [2.24, 2.45) is 0 Å². The summed E-state index contributed by atoms with van der Waals surface area (Å²) in [7, 11) is 0. The van der Waals surface area contributed by atoms with Crippen LogP contribution < -0.4 is 4.90 Å². The Kier molecular flexibility index (Phi) is 8.39. The van der Waals surface area contributed by atoms with E-state index in [9.17, 15) is 0 Å². The van der Waals surface area contributed by atoms with Crippen LogP contribution in [0.15, 0.2) is 237 Å². The van der Waals surface area contributed by atoms with E-state index in [1.807, 2.05) is 0 Å². The van der Waals surface area contributed by atoms with E-state index in [1.54, 1.807) is 0 Å². The number of aromatic nitrogens is 1. The topological polar surface area (TPSA) is 8.17 Å². The molecule has 0 saturated carbocycles. The first-order valence-corrected chi connectivity index (χ1v) is 22.4. The third-order valence-corrected chi connectivity index (χ3v) is 13.7. The third kappa shape index (κ3) is 5.80. The molecule has 2 aliphatic carbocycles. The summed E-state index contributed by atoms with van der Waals surface area (Å²) < 4.78 is 2.48. The van der Waals surface area contributed by atoms with Gasteiger partial charge in [0, 0.05) is 39.4 Å². The molecule has 2 nitrogen and oxygen atoms in total. The fourth-order valence-corrected chi connectivity index (χ4v) is 10.8. The number of hydrogen-bond donors (Lipinski definition) is 0. The van der Waals surface area contributed by atoms with E-state index < -0.39 is 0 Å². The first kappa shape index (κ1) is 36.5. The van der Waals surface area contributed by atoms with Gasteiger partial charge in [-0.25, -0.2) is 0 Å². The summed E-state index contributed by atoms with van der Waals surface area (Å²) >= 11 is 0. The third-order valence-electron chi connectivity index (χ3n) is 13.7. The summed E-state index contributed by atoms with van der Waals surface area (Å²) in [6, 6.07) is 82.6. The van der Waals surface area contributed by atoms with Crippen molar-refractivity contribution in [2.45, 2.75) is 12.3 Å². The van der Waals surface area contributed by atoms with Crippen molar-refractivity contribution < 1.29 is 0 Å². The van der Waals surface area contributed by atoms with Gasteiger partial charge in [0.2, 0.25) is 0 Å². The molecular weight excluding hydrogens is 773 g/mol. The van der Waals surface area contributed by atoms with Crippen molar-refractivity contribution >= 4 is 71.7 Å². The summed E-state index contributed by atoms with van der Waals surface area (Å²) in [4.78, 5) is 2.43. The normalized spacial score (nSPS) is 14.2. The van der Waals surface area contributed by atoms with E-state index in [0.29, 0.717) is 0 Å². The Bertz CT molecular complexity index is 3670. The molecule has 0 spiro atoms. The van der Waals surface area contributed by atoms with Gasteiger partial charge in [-0.15, -0.1) is 0 Å². The van der Waals surface area contributed by atoms with Gasteiger partial charge in [0.15, 0.2) is 0 Å². The Morgan fingerprint density at radius 1 is 0.391 bits per heavy atom. The molecule has 2 aliphatic rings. The predicted molar refractivity (Wildman–Crippen MR) is 271 cm³/mol. The number of fused-ring (bicyclic) bond motifs is 8. The number of benzene rings is 10. The maximum atomic E-state index is 2.48. The largest absolute Gasteiger partial charge is 0.310 e. The van der Waals surface area contributed by atoms with Crippen molar-refractivity contribution in [1.82, 2.24) is 4.57 Å². The Balaban J connectivity index is 0.925. The first-order valence-electron chi connectivity index (χ1n) is 22.4. The molecule has 1 atom stereocenters. The van der Waals surface area contributed by atoms with Gasteiger partial charge in [0.1, 0.15) is 0 Å². The molecular formula is C62H42N2. The number of para-hydroxylation sites is 1. The number of anilines is 3. The van der Waals surface area contributed by atoms with Crippen LogP contribution in [0.5, 0.6) is 0 Å². The van der Waals surface area contributed by atoms with Gasteiger partial charge < -0.3 is 9.47 Å². The fraction of sp³-hybridized carbons (Fsp3) is 0.0323. The molecule has 1 aromatic heterocycles. The summed E-state index contributed by atoms with van der Waals surface area (Å²) in [5, 5.41) is 7.74. The zero-order valence-corrected chi connectivity index (χ0v) is 35.2. The van der Waals surface area contributed by atoms with Gasteiger partial charge >= 0.3 is 0 Å². The molecule has 11 aromatic rings. The second-order valence-electron chi connectivity index (χ2n) is 17.2. The molecule has 0 bridgehead atoms. The minimum atomic E-state index is 0.184. The Morgan fingerprint density at radius 2 is 1.00 bits per heavy atom. The van der Waals surface area contributed by atoms with E-state index in [-0.39, 0.29) is 5.92 Å². The van der Waals surface area contributed by atoms with Crippen molar-refractivity contribution in [2.75, 3.05) is 4.90 Å². The van der Waals surface area contributed by atoms with Crippen LogP contribution in [0.4, 0.5) is 17.1 Å².